The number of hydrogen-bond donors (Lipinski definition) is 0. The number of anilines is 3. The lowest BCUT2D eigenvalue weighted by molar-refractivity contribution is 0.628. The van der Waals surface area contributed by atoms with Crippen LogP contribution in [0.4, 0.5) is 21.5 Å². The van der Waals surface area contributed by atoms with Gasteiger partial charge >= 0.3 is 0 Å². The summed E-state index contributed by atoms with van der Waals surface area (Å²) in [5, 5.41) is 0. The first-order chi connectivity index (χ1) is 10.8. The average Bonchev–Trinajstić information content (AvgIpc) is 2.73. The third kappa shape index (κ3) is 2.09. The van der Waals surface area contributed by atoms with Crippen LogP contribution in [0.25, 0.3) is 12.2 Å². The summed E-state index contributed by atoms with van der Waals surface area (Å²) in [6, 6.07) is 23.1. The third-order valence-electron chi connectivity index (χ3n) is 3.88. The van der Waals surface area contributed by atoms with Crippen LogP contribution in [0.5, 0.6) is 0 Å². The van der Waals surface area contributed by atoms with Crippen LogP contribution in [0.2, 0.25) is 0 Å². The van der Waals surface area contributed by atoms with Crippen molar-refractivity contribution >= 4 is 29.2 Å². The first-order valence-corrected chi connectivity index (χ1v) is 7.25. The smallest absolute Gasteiger partial charge is 0.123 e. The lowest BCUT2D eigenvalue weighted by atomic mass is 10.1. The van der Waals surface area contributed by atoms with Crippen molar-refractivity contribution in [3.05, 3.63) is 89.7 Å². The Morgan fingerprint density at radius 2 is 1.09 bits per heavy atom. The van der Waals surface area contributed by atoms with Crippen molar-refractivity contribution in [2.75, 3.05) is 4.90 Å². The zero-order valence-electron chi connectivity index (χ0n) is 11.9. The van der Waals surface area contributed by atoms with Gasteiger partial charge in [-0.2, -0.15) is 0 Å². The van der Waals surface area contributed by atoms with Gasteiger partial charge < -0.3 is 4.90 Å². The highest BCUT2D eigenvalue weighted by atomic mass is 19.1. The van der Waals surface area contributed by atoms with Crippen molar-refractivity contribution < 1.29 is 4.39 Å². The molecule has 1 nitrogen and oxygen atoms in total. The first kappa shape index (κ1) is 12.8. The normalized spacial score (nSPS) is 12.5. The molecule has 0 unspecified atom stereocenters. The van der Waals surface area contributed by atoms with Crippen LogP contribution in [0, 0.1) is 5.82 Å². The van der Waals surface area contributed by atoms with Crippen LogP contribution < -0.4 is 4.90 Å². The lowest BCUT2D eigenvalue weighted by Crippen LogP contribution is -2.11. The number of para-hydroxylation sites is 2. The predicted molar refractivity (Wildman–Crippen MR) is 90.0 cm³/mol. The summed E-state index contributed by atoms with van der Waals surface area (Å²) in [5.74, 6) is -0.224. The molecule has 0 amide bonds. The fourth-order valence-electron chi connectivity index (χ4n) is 2.84. The Labute approximate surface area is 129 Å². The maximum Gasteiger partial charge on any atom is 0.123 e. The molecule has 0 fully saturated rings. The minimum absolute atomic E-state index is 0.224. The molecular formula is C20H14FN. The molecule has 106 valence electrons. The van der Waals surface area contributed by atoms with Gasteiger partial charge in [-0.3, -0.25) is 0 Å². The number of halogens is 1. The van der Waals surface area contributed by atoms with Gasteiger partial charge in [-0.05, 0) is 47.5 Å². The number of hydrogen-bond acceptors (Lipinski definition) is 1. The molecule has 0 saturated carbocycles. The molecule has 22 heavy (non-hydrogen) atoms. The van der Waals surface area contributed by atoms with Crippen LogP contribution in [0.15, 0.2) is 72.8 Å². The average molecular weight is 287 g/mol. The van der Waals surface area contributed by atoms with E-state index in [1.54, 1.807) is 0 Å². The minimum Gasteiger partial charge on any atom is -0.309 e. The van der Waals surface area contributed by atoms with E-state index in [0.29, 0.717) is 0 Å². The van der Waals surface area contributed by atoms with Gasteiger partial charge in [-0.1, -0.05) is 48.6 Å². The lowest BCUT2D eigenvalue weighted by Gasteiger charge is -2.27. The van der Waals surface area contributed by atoms with E-state index in [0.717, 1.165) is 28.2 Å². The maximum atomic E-state index is 13.3. The van der Waals surface area contributed by atoms with Gasteiger partial charge in [0.15, 0.2) is 0 Å². The summed E-state index contributed by atoms with van der Waals surface area (Å²) in [6.07, 6.45) is 4.25. The van der Waals surface area contributed by atoms with Crippen LogP contribution in [0.3, 0.4) is 0 Å². The summed E-state index contributed by atoms with van der Waals surface area (Å²) in [7, 11) is 0. The fraction of sp³-hybridized carbons (Fsp3) is 0. The quantitative estimate of drug-likeness (QED) is 0.429. The summed E-state index contributed by atoms with van der Waals surface area (Å²) >= 11 is 0. The zero-order valence-corrected chi connectivity index (χ0v) is 11.9. The Morgan fingerprint density at radius 3 is 1.64 bits per heavy atom. The molecule has 4 rings (SSSR count). The SMILES string of the molecule is Fc1ccc(N2c3ccccc3C=Cc3ccccc32)cc1. The second kappa shape index (κ2) is 5.15. The highest BCUT2D eigenvalue weighted by molar-refractivity contribution is 5.93. The van der Waals surface area contributed by atoms with Gasteiger partial charge in [-0.25, -0.2) is 4.39 Å². The van der Waals surface area contributed by atoms with E-state index in [2.05, 4.69) is 41.3 Å². The molecule has 0 aromatic heterocycles. The van der Waals surface area contributed by atoms with Crippen molar-refractivity contribution in [2.45, 2.75) is 0 Å². The molecule has 1 aliphatic rings. The van der Waals surface area contributed by atoms with E-state index >= 15 is 0 Å². The van der Waals surface area contributed by atoms with Crippen molar-refractivity contribution in [3.8, 4) is 0 Å². The van der Waals surface area contributed by atoms with Crippen molar-refractivity contribution in [2.24, 2.45) is 0 Å². The van der Waals surface area contributed by atoms with Gasteiger partial charge in [0, 0.05) is 5.69 Å². The Balaban J connectivity index is 1.99. The standard InChI is InChI=1S/C20H14FN/c21-17-11-13-18(14-12-17)22-19-7-3-1-5-15(19)9-10-16-6-2-4-8-20(16)22/h1-14H. The largest absolute Gasteiger partial charge is 0.309 e. The molecule has 0 atom stereocenters. The molecule has 0 aliphatic carbocycles. The molecule has 0 radical (unpaired) electrons. The molecule has 1 heterocycles. The molecule has 1 aliphatic heterocycles. The van der Waals surface area contributed by atoms with E-state index in [1.165, 1.54) is 12.1 Å². The van der Waals surface area contributed by atoms with Gasteiger partial charge in [0.05, 0.1) is 11.4 Å². The minimum atomic E-state index is -0.224. The molecule has 3 aromatic carbocycles. The Hall–Kier alpha value is -2.87. The molecule has 0 spiro atoms. The number of fused-ring (bicyclic) bond motifs is 2. The second-order valence-corrected chi connectivity index (χ2v) is 5.26. The van der Waals surface area contributed by atoms with E-state index in [4.69, 9.17) is 0 Å². The second-order valence-electron chi connectivity index (χ2n) is 5.26. The number of benzene rings is 3. The van der Waals surface area contributed by atoms with E-state index in [9.17, 15) is 4.39 Å². The monoisotopic (exact) mass is 287 g/mol. The van der Waals surface area contributed by atoms with E-state index in [-0.39, 0.29) is 5.82 Å². The first-order valence-electron chi connectivity index (χ1n) is 7.25. The van der Waals surface area contributed by atoms with Crippen LogP contribution in [0.1, 0.15) is 11.1 Å². The number of rotatable bonds is 1. The van der Waals surface area contributed by atoms with Crippen molar-refractivity contribution in [3.63, 3.8) is 0 Å². The van der Waals surface area contributed by atoms with Crippen LogP contribution in [-0.2, 0) is 0 Å². The number of nitrogens with zero attached hydrogens (tertiary/aromatic N) is 1. The highest BCUT2D eigenvalue weighted by Gasteiger charge is 2.18. The fourth-order valence-corrected chi connectivity index (χ4v) is 2.84. The maximum absolute atomic E-state index is 13.3. The van der Waals surface area contributed by atoms with Gasteiger partial charge in [0.1, 0.15) is 5.82 Å². The molecule has 3 aromatic rings. The van der Waals surface area contributed by atoms with Crippen molar-refractivity contribution in [1.29, 1.82) is 0 Å². The molecule has 0 bridgehead atoms. The highest BCUT2D eigenvalue weighted by Crippen LogP contribution is 2.41. The topological polar surface area (TPSA) is 3.24 Å². The Bertz CT molecular complexity index is 800. The summed E-state index contributed by atoms with van der Waals surface area (Å²) in [6.45, 7) is 0. The van der Waals surface area contributed by atoms with Gasteiger partial charge in [0.25, 0.3) is 0 Å². The van der Waals surface area contributed by atoms with E-state index in [1.807, 2.05) is 36.4 Å². The summed E-state index contributed by atoms with van der Waals surface area (Å²) in [4.78, 5) is 2.17. The Kier molecular flexibility index (Phi) is 3.01. The molecule has 0 N–H and O–H groups in total. The molecule has 2 heteroatoms. The molecule has 0 saturated heterocycles. The summed E-state index contributed by atoms with van der Waals surface area (Å²) in [5.41, 5.74) is 5.42. The zero-order chi connectivity index (χ0) is 14.9. The third-order valence-corrected chi connectivity index (χ3v) is 3.88. The van der Waals surface area contributed by atoms with Crippen LogP contribution in [-0.4, -0.2) is 0 Å². The van der Waals surface area contributed by atoms with E-state index < -0.39 is 0 Å². The molecular weight excluding hydrogens is 273 g/mol. The van der Waals surface area contributed by atoms with Crippen molar-refractivity contribution in [1.82, 2.24) is 0 Å². The predicted octanol–water partition coefficient (Wildman–Crippen LogP) is 5.78. The van der Waals surface area contributed by atoms with Gasteiger partial charge in [-0.15, -0.1) is 0 Å². The van der Waals surface area contributed by atoms with Gasteiger partial charge in [0.2, 0.25) is 0 Å². The summed E-state index contributed by atoms with van der Waals surface area (Å²) < 4.78 is 13.3. The van der Waals surface area contributed by atoms with Crippen LogP contribution >= 0.6 is 0 Å². The Morgan fingerprint density at radius 1 is 0.591 bits per heavy atom.